The molecule has 4 aliphatic rings. The fourth-order valence-corrected chi connectivity index (χ4v) is 5.46. The smallest absolute Gasteiger partial charge is 0.381 e. The van der Waals surface area contributed by atoms with Gasteiger partial charge < -0.3 is 15.8 Å². The maximum atomic E-state index is 13.7. The van der Waals surface area contributed by atoms with E-state index in [-0.39, 0.29) is 10.5 Å². The van der Waals surface area contributed by atoms with Gasteiger partial charge in [-0.2, -0.15) is 22.8 Å². The summed E-state index contributed by atoms with van der Waals surface area (Å²) in [6.45, 7) is 4.86. The van der Waals surface area contributed by atoms with Crippen LogP contribution in [0.4, 0.5) is 19.1 Å². The number of H-pyrrole nitrogens is 1. The SMILES string of the molecule is CC1CC[N+](c2nnc[nH]2)(N2C=NC(C3CCOCC3)=CC2C2(N)C=C(C(F)(F)F)C=CN2)CC1. The summed E-state index contributed by atoms with van der Waals surface area (Å²) in [5, 5.41) is 13.3. The van der Waals surface area contributed by atoms with E-state index in [0.29, 0.717) is 38.2 Å². The predicted octanol–water partition coefficient (Wildman–Crippen LogP) is 2.74. The van der Waals surface area contributed by atoms with Gasteiger partial charge in [0.05, 0.1) is 5.57 Å². The Morgan fingerprint density at radius 2 is 1.94 bits per heavy atom. The van der Waals surface area contributed by atoms with Crippen molar-refractivity contribution in [2.45, 2.75) is 50.5 Å². The summed E-state index contributed by atoms with van der Waals surface area (Å²) in [6.07, 6.45) is 7.52. The normalized spacial score (nSPS) is 34.4. The van der Waals surface area contributed by atoms with Gasteiger partial charge in [0.15, 0.2) is 0 Å². The van der Waals surface area contributed by atoms with Crippen molar-refractivity contribution >= 4 is 12.3 Å². The summed E-state index contributed by atoms with van der Waals surface area (Å²) in [4.78, 5) is 7.95. The summed E-state index contributed by atoms with van der Waals surface area (Å²) < 4.78 is 46.9. The highest BCUT2D eigenvalue weighted by Crippen LogP contribution is 2.38. The van der Waals surface area contributed by atoms with Crippen molar-refractivity contribution in [3.8, 4) is 0 Å². The molecule has 9 nitrogen and oxygen atoms in total. The molecule has 2 unspecified atom stereocenters. The van der Waals surface area contributed by atoms with E-state index < -0.39 is 23.5 Å². The molecule has 12 heteroatoms. The molecule has 0 aromatic carbocycles. The molecule has 2 fully saturated rings. The van der Waals surface area contributed by atoms with Crippen LogP contribution in [0.15, 0.2) is 47.0 Å². The minimum absolute atomic E-state index is 0.165. The Hall–Kier alpha value is -2.70. The van der Waals surface area contributed by atoms with Crippen molar-refractivity contribution in [2.24, 2.45) is 22.6 Å². The highest BCUT2D eigenvalue weighted by molar-refractivity contribution is 5.63. The number of halogens is 3. The van der Waals surface area contributed by atoms with Gasteiger partial charge in [0.2, 0.25) is 0 Å². The highest BCUT2D eigenvalue weighted by atomic mass is 19.4. The maximum Gasteiger partial charge on any atom is 0.416 e. The predicted molar refractivity (Wildman–Crippen MR) is 125 cm³/mol. The van der Waals surface area contributed by atoms with E-state index in [1.807, 2.05) is 11.1 Å². The van der Waals surface area contributed by atoms with Crippen LogP contribution in [-0.4, -0.2) is 70.7 Å². The van der Waals surface area contributed by atoms with Crippen molar-refractivity contribution < 1.29 is 17.9 Å². The number of aromatic amines is 1. The second-order valence-electron chi connectivity index (χ2n) is 9.92. The summed E-state index contributed by atoms with van der Waals surface area (Å²) >= 11 is 0. The maximum absolute atomic E-state index is 13.7. The van der Waals surface area contributed by atoms with Crippen LogP contribution >= 0.6 is 0 Å². The standard InChI is InChI=1S/C23H32F3N8O/c1-16-3-8-34(9-4-16,21-28-14-31-32-21)33-15-29-19(17-5-10-35-11-6-17)12-20(33)22(27)13-18(2-7-30-22)23(24,25)26/h2,7,12-17,20,30H,3-6,8-11,27H2,1H3,(H,28,31,32)/q+1. The van der Waals surface area contributed by atoms with E-state index in [9.17, 15) is 13.2 Å². The molecular weight excluding hydrogens is 461 g/mol. The average molecular weight is 494 g/mol. The fourth-order valence-electron chi connectivity index (χ4n) is 5.46. The number of nitrogens with one attached hydrogen (secondary N) is 2. The third kappa shape index (κ3) is 4.50. The molecule has 0 radical (unpaired) electrons. The zero-order valence-electron chi connectivity index (χ0n) is 19.7. The van der Waals surface area contributed by atoms with Crippen LogP contribution in [0, 0.1) is 11.8 Å². The number of quaternary nitrogens is 1. The van der Waals surface area contributed by atoms with Crippen molar-refractivity contribution in [3.05, 3.63) is 42.0 Å². The molecule has 0 spiro atoms. The van der Waals surface area contributed by atoms with E-state index in [1.54, 1.807) is 6.34 Å². The summed E-state index contributed by atoms with van der Waals surface area (Å²) in [5.74, 6) is 1.31. The largest absolute Gasteiger partial charge is 0.416 e. The average Bonchev–Trinajstić information content (AvgIpc) is 3.40. The molecule has 2 saturated heterocycles. The number of hydrogen-bond donors (Lipinski definition) is 3. The Morgan fingerprint density at radius 1 is 1.20 bits per heavy atom. The lowest BCUT2D eigenvalue weighted by molar-refractivity contribution is -0.0898. The molecule has 35 heavy (non-hydrogen) atoms. The van der Waals surface area contributed by atoms with Gasteiger partial charge in [-0.05, 0) is 43.2 Å². The number of nitrogens with two attached hydrogens (primary N) is 1. The summed E-state index contributed by atoms with van der Waals surface area (Å²) in [7, 11) is 0. The minimum atomic E-state index is -4.51. The van der Waals surface area contributed by atoms with Gasteiger partial charge in [-0.1, -0.05) is 12.0 Å². The van der Waals surface area contributed by atoms with Gasteiger partial charge in [-0.25, -0.2) is 4.99 Å². The second-order valence-corrected chi connectivity index (χ2v) is 9.92. The number of alkyl halides is 3. The molecule has 0 aliphatic carbocycles. The second kappa shape index (κ2) is 9.07. The Labute approximate surface area is 202 Å². The van der Waals surface area contributed by atoms with Crippen LogP contribution in [-0.2, 0) is 4.74 Å². The van der Waals surface area contributed by atoms with Gasteiger partial charge in [-0.3, -0.25) is 4.98 Å². The molecular formula is C23H32F3N8O+. The number of rotatable bonds is 4. The molecule has 0 amide bonds. The highest BCUT2D eigenvalue weighted by Gasteiger charge is 2.52. The molecule has 5 rings (SSSR count). The molecule has 1 aromatic heterocycles. The molecule has 1 aromatic rings. The van der Waals surface area contributed by atoms with Gasteiger partial charge in [0.25, 0.3) is 0 Å². The van der Waals surface area contributed by atoms with Gasteiger partial charge >= 0.3 is 12.1 Å². The molecule has 0 saturated carbocycles. The molecule has 4 aliphatic heterocycles. The summed E-state index contributed by atoms with van der Waals surface area (Å²) in [5.41, 5.74) is 5.31. The number of allylic oxidation sites excluding steroid dienone is 3. The first kappa shape index (κ1) is 24.0. The lowest BCUT2D eigenvalue weighted by Gasteiger charge is -2.52. The molecule has 190 valence electrons. The Balaban J connectivity index is 1.60. The lowest BCUT2D eigenvalue weighted by Crippen LogP contribution is -2.75. The van der Waals surface area contributed by atoms with Crippen molar-refractivity contribution in [3.63, 3.8) is 0 Å². The van der Waals surface area contributed by atoms with E-state index >= 15 is 0 Å². The van der Waals surface area contributed by atoms with Crippen LogP contribution < -0.4 is 15.6 Å². The first-order valence-corrected chi connectivity index (χ1v) is 12.1. The van der Waals surface area contributed by atoms with E-state index in [2.05, 4.69) is 27.4 Å². The van der Waals surface area contributed by atoms with Gasteiger partial charge in [0.1, 0.15) is 37.5 Å². The van der Waals surface area contributed by atoms with Gasteiger partial charge in [0, 0.05) is 37.7 Å². The zero-order chi connectivity index (χ0) is 24.7. The number of aromatic nitrogens is 3. The van der Waals surface area contributed by atoms with Crippen molar-refractivity contribution in [1.82, 2.24) is 30.1 Å². The monoisotopic (exact) mass is 493 g/mol. The quantitative estimate of drug-likeness (QED) is 0.558. The fraction of sp³-hybridized carbons (Fsp3) is 0.609. The van der Waals surface area contributed by atoms with E-state index in [1.165, 1.54) is 12.5 Å². The van der Waals surface area contributed by atoms with Gasteiger partial charge in [-0.15, -0.1) is 5.10 Å². The van der Waals surface area contributed by atoms with Crippen LogP contribution in [0.25, 0.3) is 0 Å². The Bertz CT molecular complexity index is 1020. The number of dihydropyridines is 1. The number of nitrogens with zero attached hydrogens (tertiary/aromatic N) is 5. The topological polar surface area (TPSA) is 104 Å². The Morgan fingerprint density at radius 3 is 2.60 bits per heavy atom. The van der Waals surface area contributed by atoms with Crippen LogP contribution in [0.3, 0.4) is 0 Å². The molecule has 5 heterocycles. The van der Waals surface area contributed by atoms with Crippen LogP contribution in [0.5, 0.6) is 0 Å². The molecule has 4 N–H and O–H groups in total. The zero-order valence-corrected chi connectivity index (χ0v) is 19.7. The Kier molecular flexibility index (Phi) is 6.22. The van der Waals surface area contributed by atoms with E-state index in [0.717, 1.165) is 43.5 Å². The molecule has 2 atom stereocenters. The van der Waals surface area contributed by atoms with Crippen molar-refractivity contribution in [1.29, 1.82) is 0 Å². The minimum Gasteiger partial charge on any atom is -0.381 e. The number of piperidine rings is 1. The van der Waals surface area contributed by atoms with Crippen LogP contribution in [0.1, 0.15) is 32.6 Å². The number of hydrogen-bond acceptors (Lipinski definition) is 7. The third-order valence-corrected chi connectivity index (χ3v) is 7.61. The summed E-state index contributed by atoms with van der Waals surface area (Å²) in [6, 6.07) is -0.668. The van der Waals surface area contributed by atoms with E-state index in [4.69, 9.17) is 15.5 Å². The number of ether oxygens (including phenoxy) is 1. The first-order valence-electron chi connectivity index (χ1n) is 12.1. The third-order valence-electron chi connectivity index (χ3n) is 7.61. The van der Waals surface area contributed by atoms with Crippen molar-refractivity contribution in [2.75, 3.05) is 26.3 Å². The van der Waals surface area contributed by atoms with Crippen LogP contribution in [0.2, 0.25) is 0 Å². The lowest BCUT2D eigenvalue weighted by atomic mass is 9.88. The number of aliphatic imine (C=N–C) groups is 1. The molecule has 0 bridgehead atoms. The first-order chi connectivity index (χ1) is 16.7.